The number of halogens is 2. The number of oxime groups is 1. The predicted molar refractivity (Wildman–Crippen MR) is 86.2 cm³/mol. The minimum atomic E-state index is -0.664. The first-order chi connectivity index (χ1) is 11.1. The molecule has 0 saturated heterocycles. The minimum absolute atomic E-state index is 0.0354. The van der Waals surface area contributed by atoms with Crippen LogP contribution in [-0.4, -0.2) is 25.9 Å². The highest BCUT2D eigenvalue weighted by molar-refractivity contribution is 9.10. The van der Waals surface area contributed by atoms with Crippen LogP contribution in [0, 0.1) is 5.82 Å². The summed E-state index contributed by atoms with van der Waals surface area (Å²) < 4.78 is 24.0. The lowest BCUT2D eigenvalue weighted by atomic mass is 10.1. The second kappa shape index (κ2) is 7.73. The van der Waals surface area contributed by atoms with E-state index >= 15 is 0 Å². The zero-order valence-corrected chi connectivity index (χ0v) is 14.0. The van der Waals surface area contributed by atoms with Crippen molar-refractivity contribution < 1.29 is 23.5 Å². The van der Waals surface area contributed by atoms with Crippen LogP contribution in [0.2, 0.25) is 0 Å². The standard InChI is InChI=1S/C16H13BrFNO4/c1-21-16(20)15(19-22-2)11-5-3-4-6-14(11)23-10-7-8-13(18)12(17)9-10/h3-9H,1-2H3. The van der Waals surface area contributed by atoms with Crippen molar-refractivity contribution in [3.8, 4) is 11.5 Å². The smallest absolute Gasteiger partial charge is 0.360 e. The highest BCUT2D eigenvalue weighted by Crippen LogP contribution is 2.29. The van der Waals surface area contributed by atoms with Crippen LogP contribution in [0.3, 0.4) is 0 Å². The van der Waals surface area contributed by atoms with E-state index in [0.717, 1.165) is 0 Å². The number of carbonyl (C=O) groups excluding carboxylic acids is 1. The number of esters is 1. The van der Waals surface area contributed by atoms with Crippen molar-refractivity contribution in [1.29, 1.82) is 0 Å². The quantitative estimate of drug-likeness (QED) is 0.447. The number of benzene rings is 2. The third-order valence-corrected chi connectivity index (χ3v) is 3.43. The molecule has 0 aliphatic rings. The van der Waals surface area contributed by atoms with Crippen LogP contribution in [0.25, 0.3) is 0 Å². The molecule has 0 aliphatic heterocycles. The molecule has 0 radical (unpaired) electrons. The van der Waals surface area contributed by atoms with Gasteiger partial charge in [0, 0.05) is 0 Å². The highest BCUT2D eigenvalue weighted by Gasteiger charge is 2.20. The van der Waals surface area contributed by atoms with Gasteiger partial charge in [-0.3, -0.25) is 0 Å². The molecule has 2 aromatic carbocycles. The van der Waals surface area contributed by atoms with Gasteiger partial charge in [0.15, 0.2) is 5.71 Å². The summed E-state index contributed by atoms with van der Waals surface area (Å²) in [6.07, 6.45) is 0. The highest BCUT2D eigenvalue weighted by atomic mass is 79.9. The van der Waals surface area contributed by atoms with Gasteiger partial charge < -0.3 is 14.3 Å². The Hall–Kier alpha value is -2.41. The number of rotatable bonds is 5. The fourth-order valence-electron chi connectivity index (χ4n) is 1.80. The van der Waals surface area contributed by atoms with E-state index in [-0.39, 0.29) is 10.2 Å². The van der Waals surface area contributed by atoms with Crippen LogP contribution >= 0.6 is 15.9 Å². The average molecular weight is 382 g/mol. The lowest BCUT2D eigenvalue weighted by Gasteiger charge is -2.12. The molecular formula is C16H13BrFNO4. The Morgan fingerprint density at radius 3 is 2.57 bits per heavy atom. The third kappa shape index (κ3) is 4.07. The third-order valence-electron chi connectivity index (χ3n) is 2.82. The van der Waals surface area contributed by atoms with E-state index in [4.69, 9.17) is 14.3 Å². The molecule has 0 aromatic heterocycles. The van der Waals surface area contributed by atoms with Gasteiger partial charge in [-0.1, -0.05) is 17.3 Å². The number of para-hydroxylation sites is 1. The summed E-state index contributed by atoms with van der Waals surface area (Å²) in [5.41, 5.74) is 0.355. The first-order valence-corrected chi connectivity index (χ1v) is 7.28. The monoisotopic (exact) mass is 381 g/mol. The lowest BCUT2D eigenvalue weighted by Crippen LogP contribution is -2.18. The molecule has 23 heavy (non-hydrogen) atoms. The largest absolute Gasteiger partial charge is 0.464 e. The number of nitrogens with zero attached hydrogens (tertiary/aromatic N) is 1. The van der Waals surface area contributed by atoms with Gasteiger partial charge >= 0.3 is 5.97 Å². The summed E-state index contributed by atoms with van der Waals surface area (Å²) in [4.78, 5) is 16.6. The zero-order chi connectivity index (χ0) is 16.8. The van der Waals surface area contributed by atoms with Crippen molar-refractivity contribution in [1.82, 2.24) is 0 Å². The van der Waals surface area contributed by atoms with Crippen molar-refractivity contribution in [2.75, 3.05) is 14.2 Å². The van der Waals surface area contributed by atoms with E-state index in [2.05, 4.69) is 21.1 Å². The normalized spacial score (nSPS) is 11.0. The summed E-state index contributed by atoms with van der Waals surface area (Å²) in [6.45, 7) is 0. The molecule has 0 bridgehead atoms. The maximum absolute atomic E-state index is 13.3. The lowest BCUT2D eigenvalue weighted by molar-refractivity contribution is -0.132. The van der Waals surface area contributed by atoms with E-state index in [1.54, 1.807) is 24.3 Å². The van der Waals surface area contributed by atoms with Gasteiger partial charge in [0.25, 0.3) is 0 Å². The van der Waals surface area contributed by atoms with Crippen LogP contribution in [0.1, 0.15) is 5.56 Å². The maximum Gasteiger partial charge on any atom is 0.360 e. The fraction of sp³-hybridized carbons (Fsp3) is 0.125. The molecule has 0 aliphatic carbocycles. The molecule has 0 fully saturated rings. The molecular weight excluding hydrogens is 369 g/mol. The van der Waals surface area contributed by atoms with Gasteiger partial charge in [-0.15, -0.1) is 0 Å². The molecule has 0 heterocycles. The number of ether oxygens (including phenoxy) is 2. The van der Waals surface area contributed by atoms with Crippen LogP contribution in [-0.2, 0) is 14.4 Å². The van der Waals surface area contributed by atoms with Gasteiger partial charge in [0.1, 0.15) is 24.4 Å². The molecule has 120 valence electrons. The Balaban J connectivity index is 2.42. The Labute approximate surface area is 140 Å². The molecule has 5 nitrogen and oxygen atoms in total. The summed E-state index contributed by atoms with van der Waals surface area (Å²) in [5, 5.41) is 3.69. The molecule has 0 spiro atoms. The van der Waals surface area contributed by atoms with Crippen molar-refractivity contribution in [2.45, 2.75) is 0 Å². The molecule has 0 N–H and O–H groups in total. The topological polar surface area (TPSA) is 57.1 Å². The Kier molecular flexibility index (Phi) is 5.70. The van der Waals surface area contributed by atoms with Gasteiger partial charge in [-0.25, -0.2) is 9.18 Å². The number of hydrogen-bond donors (Lipinski definition) is 0. The van der Waals surface area contributed by atoms with E-state index in [0.29, 0.717) is 17.1 Å². The van der Waals surface area contributed by atoms with Crippen LogP contribution < -0.4 is 4.74 Å². The van der Waals surface area contributed by atoms with Gasteiger partial charge in [0.2, 0.25) is 0 Å². The first-order valence-electron chi connectivity index (χ1n) is 6.48. The van der Waals surface area contributed by atoms with Crippen molar-refractivity contribution in [3.05, 3.63) is 58.3 Å². The van der Waals surface area contributed by atoms with Gasteiger partial charge in [-0.05, 0) is 46.3 Å². The first kappa shape index (κ1) is 17.0. The zero-order valence-electron chi connectivity index (χ0n) is 12.4. The van der Waals surface area contributed by atoms with E-state index in [1.165, 1.54) is 32.4 Å². The van der Waals surface area contributed by atoms with Crippen molar-refractivity contribution in [2.24, 2.45) is 5.16 Å². The number of methoxy groups -OCH3 is 1. The number of hydrogen-bond acceptors (Lipinski definition) is 5. The van der Waals surface area contributed by atoms with E-state index in [9.17, 15) is 9.18 Å². The summed E-state index contributed by atoms with van der Waals surface area (Å²) >= 11 is 3.09. The molecule has 0 atom stereocenters. The number of carbonyl (C=O) groups is 1. The van der Waals surface area contributed by atoms with Gasteiger partial charge in [-0.2, -0.15) is 0 Å². The molecule has 7 heteroatoms. The van der Waals surface area contributed by atoms with Crippen LogP contribution in [0.15, 0.2) is 52.1 Å². The van der Waals surface area contributed by atoms with E-state index < -0.39 is 11.8 Å². The minimum Gasteiger partial charge on any atom is -0.464 e. The van der Waals surface area contributed by atoms with Gasteiger partial charge in [0.05, 0.1) is 17.1 Å². The molecule has 0 unspecified atom stereocenters. The van der Waals surface area contributed by atoms with E-state index in [1.807, 2.05) is 0 Å². The Morgan fingerprint density at radius 2 is 1.91 bits per heavy atom. The van der Waals surface area contributed by atoms with Crippen molar-refractivity contribution in [3.63, 3.8) is 0 Å². The molecule has 2 aromatic rings. The Bertz CT molecular complexity index is 749. The Morgan fingerprint density at radius 1 is 1.17 bits per heavy atom. The molecule has 0 amide bonds. The van der Waals surface area contributed by atoms with Crippen molar-refractivity contribution >= 4 is 27.6 Å². The summed E-state index contributed by atoms with van der Waals surface area (Å²) in [5.74, 6) is -0.315. The maximum atomic E-state index is 13.3. The second-order valence-corrected chi connectivity index (χ2v) is 5.14. The fourth-order valence-corrected chi connectivity index (χ4v) is 2.16. The molecule has 0 saturated carbocycles. The van der Waals surface area contributed by atoms with Crippen LogP contribution in [0.4, 0.5) is 4.39 Å². The second-order valence-electron chi connectivity index (χ2n) is 4.29. The average Bonchev–Trinajstić information content (AvgIpc) is 2.56. The summed E-state index contributed by atoms with van der Waals surface area (Å²) in [7, 11) is 2.57. The predicted octanol–water partition coefficient (Wildman–Crippen LogP) is 3.90. The summed E-state index contributed by atoms with van der Waals surface area (Å²) in [6, 6.07) is 11.0. The SMILES string of the molecule is CON=C(C(=O)OC)c1ccccc1Oc1ccc(F)c(Br)c1. The van der Waals surface area contributed by atoms with Crippen LogP contribution in [0.5, 0.6) is 11.5 Å². The molecule has 2 rings (SSSR count).